The van der Waals surface area contributed by atoms with Crippen molar-refractivity contribution in [3.63, 3.8) is 0 Å². The molecule has 0 amide bonds. The molecule has 5 nitrogen and oxygen atoms in total. The van der Waals surface area contributed by atoms with Crippen molar-refractivity contribution >= 4 is 5.97 Å². The number of aliphatic hydroxyl groups is 1. The molecule has 2 heterocycles. The molecule has 2 saturated heterocycles. The Morgan fingerprint density at radius 3 is 2.25 bits per heavy atom. The second kappa shape index (κ2) is 10.6. The van der Waals surface area contributed by atoms with Gasteiger partial charge in [-0.15, -0.1) is 0 Å². The summed E-state index contributed by atoms with van der Waals surface area (Å²) in [7, 11) is 0. The number of likely N-dealkylation sites (tertiary alicyclic amines) is 2. The monoisotopic (exact) mass is 436 g/mol. The van der Waals surface area contributed by atoms with Crippen LogP contribution in [0.5, 0.6) is 0 Å². The molecule has 2 aliphatic rings. The molecule has 2 aromatic rings. The van der Waals surface area contributed by atoms with Gasteiger partial charge in [0.25, 0.3) is 0 Å². The van der Waals surface area contributed by atoms with Gasteiger partial charge in [0.1, 0.15) is 0 Å². The highest BCUT2D eigenvalue weighted by Crippen LogP contribution is 2.35. The smallest absolute Gasteiger partial charge is 0.317 e. The number of carboxylic acid groups (broad SMARTS) is 1. The summed E-state index contributed by atoms with van der Waals surface area (Å²) in [6, 6.07) is 21.0. The predicted octanol–water partition coefficient (Wildman–Crippen LogP) is 3.64. The molecule has 32 heavy (non-hydrogen) atoms. The van der Waals surface area contributed by atoms with Crippen LogP contribution in [0.3, 0.4) is 0 Å². The molecule has 5 heteroatoms. The highest BCUT2D eigenvalue weighted by Gasteiger charge is 2.38. The van der Waals surface area contributed by atoms with E-state index in [1.807, 2.05) is 12.1 Å². The first-order chi connectivity index (χ1) is 15.5. The second-order valence-electron chi connectivity index (χ2n) is 9.73. The number of hydrogen-bond acceptors (Lipinski definition) is 4. The van der Waals surface area contributed by atoms with Crippen LogP contribution in [0.4, 0.5) is 0 Å². The van der Waals surface area contributed by atoms with Crippen LogP contribution in [0, 0.1) is 5.92 Å². The Bertz CT molecular complexity index is 850. The number of benzene rings is 2. The lowest BCUT2D eigenvalue weighted by molar-refractivity contribution is -0.138. The zero-order valence-corrected chi connectivity index (χ0v) is 18.9. The first-order valence-corrected chi connectivity index (χ1v) is 12.0. The number of aliphatic carboxylic acids is 1. The normalized spacial score (nSPS) is 23.9. The summed E-state index contributed by atoms with van der Waals surface area (Å²) in [6.07, 6.45) is 4.54. The molecule has 172 valence electrons. The minimum Gasteiger partial charge on any atom is -0.480 e. The van der Waals surface area contributed by atoms with Crippen molar-refractivity contribution in [2.75, 3.05) is 39.3 Å². The molecular formula is C27H36N2O3. The van der Waals surface area contributed by atoms with Crippen molar-refractivity contribution in [3.8, 4) is 0 Å². The lowest BCUT2D eigenvalue weighted by Gasteiger charge is -2.40. The van der Waals surface area contributed by atoms with E-state index in [9.17, 15) is 15.0 Å². The molecule has 2 fully saturated rings. The van der Waals surface area contributed by atoms with E-state index in [1.165, 1.54) is 11.1 Å². The van der Waals surface area contributed by atoms with E-state index in [2.05, 4.69) is 58.3 Å². The van der Waals surface area contributed by atoms with E-state index in [0.29, 0.717) is 11.8 Å². The van der Waals surface area contributed by atoms with Gasteiger partial charge in [-0.1, -0.05) is 60.7 Å². The number of aryl methyl sites for hydroxylation is 1. The van der Waals surface area contributed by atoms with Gasteiger partial charge in [0, 0.05) is 38.6 Å². The Hall–Kier alpha value is -2.21. The Morgan fingerprint density at radius 2 is 1.59 bits per heavy atom. The van der Waals surface area contributed by atoms with Gasteiger partial charge >= 0.3 is 5.97 Å². The van der Waals surface area contributed by atoms with Crippen LogP contribution in [-0.4, -0.2) is 70.9 Å². The van der Waals surface area contributed by atoms with Crippen molar-refractivity contribution in [1.29, 1.82) is 0 Å². The van der Waals surface area contributed by atoms with E-state index in [-0.39, 0.29) is 6.54 Å². The second-order valence-corrected chi connectivity index (χ2v) is 9.73. The average Bonchev–Trinajstić information content (AvgIpc) is 3.18. The highest BCUT2D eigenvalue weighted by molar-refractivity contribution is 5.69. The van der Waals surface area contributed by atoms with E-state index >= 15 is 0 Å². The minimum absolute atomic E-state index is 0.112. The number of rotatable bonds is 9. The molecule has 0 saturated carbocycles. The molecule has 0 radical (unpaired) electrons. The molecule has 2 N–H and O–H groups in total. The first-order valence-electron chi connectivity index (χ1n) is 12.0. The molecule has 0 aliphatic carbocycles. The van der Waals surface area contributed by atoms with Crippen molar-refractivity contribution < 1.29 is 15.0 Å². The fourth-order valence-electron chi connectivity index (χ4n) is 5.54. The molecule has 2 atom stereocenters. The van der Waals surface area contributed by atoms with E-state index in [1.54, 1.807) is 0 Å². The van der Waals surface area contributed by atoms with Crippen molar-refractivity contribution in [2.24, 2.45) is 5.92 Å². The molecule has 2 aromatic carbocycles. The Kier molecular flexibility index (Phi) is 7.61. The summed E-state index contributed by atoms with van der Waals surface area (Å²) in [5, 5.41) is 20.4. The maximum atomic E-state index is 11.3. The Balaban J connectivity index is 1.29. The van der Waals surface area contributed by atoms with Gasteiger partial charge in [0.15, 0.2) is 0 Å². The van der Waals surface area contributed by atoms with E-state index in [0.717, 1.165) is 64.8 Å². The number of piperidine rings is 1. The summed E-state index contributed by atoms with van der Waals surface area (Å²) in [5.41, 5.74) is 2.10. The number of carbonyl (C=O) groups is 1. The zero-order valence-electron chi connectivity index (χ0n) is 18.9. The summed E-state index contributed by atoms with van der Waals surface area (Å²) in [6.45, 7) is 4.54. The topological polar surface area (TPSA) is 64.0 Å². The first kappa shape index (κ1) is 23.0. The molecule has 0 spiro atoms. The van der Waals surface area contributed by atoms with Crippen LogP contribution < -0.4 is 0 Å². The van der Waals surface area contributed by atoms with Gasteiger partial charge in [0.05, 0.1) is 12.1 Å². The molecule has 0 bridgehead atoms. The predicted molar refractivity (Wildman–Crippen MR) is 127 cm³/mol. The molecule has 2 aliphatic heterocycles. The van der Waals surface area contributed by atoms with Crippen LogP contribution in [0.1, 0.15) is 42.7 Å². The van der Waals surface area contributed by atoms with Crippen LogP contribution >= 0.6 is 0 Å². The van der Waals surface area contributed by atoms with Gasteiger partial charge in [-0.05, 0) is 49.1 Å². The fraction of sp³-hybridized carbons (Fsp3) is 0.519. The van der Waals surface area contributed by atoms with Gasteiger partial charge in [-0.2, -0.15) is 0 Å². The SMILES string of the molecule is O=C(O)CN1C[C@H](CN2CCC(O)(CCCc3ccccc3)CC2)[C@@H](c2ccccc2)C1. The average molecular weight is 437 g/mol. The number of nitrogens with zero attached hydrogens (tertiary/aromatic N) is 2. The van der Waals surface area contributed by atoms with Crippen LogP contribution in [0.25, 0.3) is 0 Å². The van der Waals surface area contributed by atoms with E-state index in [4.69, 9.17) is 0 Å². The fourth-order valence-corrected chi connectivity index (χ4v) is 5.54. The van der Waals surface area contributed by atoms with Crippen molar-refractivity contribution in [1.82, 2.24) is 9.80 Å². The zero-order chi connectivity index (χ0) is 22.4. The van der Waals surface area contributed by atoms with Crippen molar-refractivity contribution in [2.45, 2.75) is 43.6 Å². The van der Waals surface area contributed by atoms with Gasteiger partial charge in [0.2, 0.25) is 0 Å². The Labute approximate surface area is 191 Å². The minimum atomic E-state index is -0.754. The third-order valence-corrected chi connectivity index (χ3v) is 7.33. The van der Waals surface area contributed by atoms with Gasteiger partial charge in [-0.25, -0.2) is 0 Å². The standard InChI is InChI=1S/C27H36N2O3/c30-26(31)21-29-19-24(25(20-29)23-11-5-2-6-12-23)18-28-16-14-27(32,15-17-28)13-7-10-22-8-3-1-4-9-22/h1-6,8-9,11-12,24-25,32H,7,10,13-21H2,(H,30,31)/t24-,25+/m0/s1. The molecule has 4 rings (SSSR count). The third kappa shape index (κ3) is 6.18. The summed E-state index contributed by atoms with van der Waals surface area (Å²) in [5.74, 6) is 0.0271. The quantitative estimate of drug-likeness (QED) is 0.628. The molecule has 0 aromatic heterocycles. The maximum Gasteiger partial charge on any atom is 0.317 e. The van der Waals surface area contributed by atoms with E-state index < -0.39 is 11.6 Å². The Morgan fingerprint density at radius 1 is 0.938 bits per heavy atom. The summed E-state index contributed by atoms with van der Waals surface area (Å²) in [4.78, 5) is 15.8. The largest absolute Gasteiger partial charge is 0.480 e. The molecular weight excluding hydrogens is 400 g/mol. The lowest BCUT2D eigenvalue weighted by Crippen LogP contribution is -2.46. The van der Waals surface area contributed by atoms with Gasteiger partial charge < -0.3 is 15.1 Å². The molecule has 0 unspecified atom stereocenters. The van der Waals surface area contributed by atoms with Crippen LogP contribution in [0.15, 0.2) is 60.7 Å². The number of carboxylic acids is 1. The summed E-state index contributed by atoms with van der Waals surface area (Å²) < 4.78 is 0. The van der Waals surface area contributed by atoms with Gasteiger partial charge in [-0.3, -0.25) is 9.69 Å². The van der Waals surface area contributed by atoms with Crippen molar-refractivity contribution in [3.05, 3.63) is 71.8 Å². The number of hydrogen-bond donors (Lipinski definition) is 2. The van der Waals surface area contributed by atoms with Crippen LogP contribution in [-0.2, 0) is 11.2 Å². The highest BCUT2D eigenvalue weighted by atomic mass is 16.4. The lowest BCUT2D eigenvalue weighted by atomic mass is 9.84. The third-order valence-electron chi connectivity index (χ3n) is 7.33. The summed E-state index contributed by atoms with van der Waals surface area (Å²) >= 11 is 0. The van der Waals surface area contributed by atoms with Crippen LogP contribution in [0.2, 0.25) is 0 Å². The maximum absolute atomic E-state index is 11.3.